The molecule has 0 radical (unpaired) electrons. The lowest BCUT2D eigenvalue weighted by atomic mass is 9.76. The van der Waals surface area contributed by atoms with Gasteiger partial charge in [-0.1, -0.05) is 0 Å². The average Bonchev–Trinajstić information content (AvgIpc) is 2.75. The van der Waals surface area contributed by atoms with Gasteiger partial charge in [0.05, 0.1) is 17.6 Å². The smallest absolute Gasteiger partial charge is 0.399 e. The number of amides is 1. The molecule has 0 aliphatic carbocycles. The van der Waals surface area contributed by atoms with Gasteiger partial charge in [0, 0.05) is 11.8 Å². The van der Waals surface area contributed by atoms with Gasteiger partial charge in [-0.25, -0.2) is 4.98 Å². The molecule has 5 nitrogen and oxygen atoms in total. The van der Waals surface area contributed by atoms with Crippen molar-refractivity contribution in [3.63, 3.8) is 0 Å². The molecule has 0 spiro atoms. The maximum Gasteiger partial charge on any atom is 0.495 e. The van der Waals surface area contributed by atoms with E-state index in [0.29, 0.717) is 12.2 Å². The van der Waals surface area contributed by atoms with Crippen LogP contribution in [-0.4, -0.2) is 29.2 Å². The van der Waals surface area contributed by atoms with Crippen molar-refractivity contribution in [3.8, 4) is 0 Å². The highest BCUT2D eigenvalue weighted by Gasteiger charge is 2.52. The van der Waals surface area contributed by atoms with E-state index in [1.165, 1.54) is 0 Å². The van der Waals surface area contributed by atoms with E-state index in [-0.39, 0.29) is 17.1 Å². The minimum Gasteiger partial charge on any atom is -0.399 e. The predicted octanol–water partition coefficient (Wildman–Crippen LogP) is 0.875. The van der Waals surface area contributed by atoms with E-state index in [1.54, 1.807) is 6.20 Å². The highest BCUT2D eigenvalue weighted by Crippen LogP contribution is 2.37. The monoisotopic (exact) mass is 260 g/mol. The van der Waals surface area contributed by atoms with Crippen molar-refractivity contribution in [1.82, 2.24) is 4.98 Å². The SMILES string of the molecule is CC1(C)OB(c2ccnc3c2CC(=O)N3)OC1(C)C. The Morgan fingerprint density at radius 3 is 2.53 bits per heavy atom. The number of anilines is 1. The minimum absolute atomic E-state index is 0.0357. The summed E-state index contributed by atoms with van der Waals surface area (Å²) in [5.41, 5.74) is 1.00. The van der Waals surface area contributed by atoms with Crippen molar-refractivity contribution in [2.75, 3.05) is 5.32 Å². The maximum absolute atomic E-state index is 11.5. The average molecular weight is 260 g/mol. The van der Waals surface area contributed by atoms with Crippen LogP contribution < -0.4 is 10.8 Å². The third-order valence-corrected chi connectivity index (χ3v) is 4.19. The second-order valence-electron chi connectivity index (χ2n) is 6.04. The Balaban J connectivity index is 1.98. The lowest BCUT2D eigenvalue weighted by Gasteiger charge is -2.32. The summed E-state index contributed by atoms with van der Waals surface area (Å²) < 4.78 is 12.0. The number of carbonyl (C=O) groups is 1. The third-order valence-electron chi connectivity index (χ3n) is 4.19. The van der Waals surface area contributed by atoms with E-state index < -0.39 is 7.12 Å². The molecular formula is C13H17BN2O3. The Morgan fingerprint density at radius 2 is 1.89 bits per heavy atom. The number of aromatic nitrogens is 1. The van der Waals surface area contributed by atoms with Gasteiger partial charge in [0.25, 0.3) is 0 Å². The zero-order chi connectivity index (χ0) is 13.8. The first-order chi connectivity index (χ1) is 8.80. The topological polar surface area (TPSA) is 60.5 Å². The summed E-state index contributed by atoms with van der Waals surface area (Å²) in [6.07, 6.45) is 2.01. The van der Waals surface area contributed by atoms with Crippen LogP contribution in [0.5, 0.6) is 0 Å². The van der Waals surface area contributed by atoms with Crippen LogP contribution in [-0.2, 0) is 20.5 Å². The minimum atomic E-state index is -0.450. The molecule has 1 aromatic rings. The van der Waals surface area contributed by atoms with Gasteiger partial charge in [-0.2, -0.15) is 0 Å². The molecule has 0 aromatic carbocycles. The van der Waals surface area contributed by atoms with E-state index >= 15 is 0 Å². The van der Waals surface area contributed by atoms with Gasteiger partial charge >= 0.3 is 7.12 Å². The van der Waals surface area contributed by atoms with Crippen LogP contribution in [0, 0.1) is 0 Å². The van der Waals surface area contributed by atoms with Crippen molar-refractivity contribution < 1.29 is 14.1 Å². The quantitative estimate of drug-likeness (QED) is 0.761. The molecule has 2 aliphatic heterocycles. The molecule has 19 heavy (non-hydrogen) atoms. The Labute approximate surface area is 112 Å². The molecule has 1 fully saturated rings. The molecule has 6 heteroatoms. The molecule has 0 unspecified atom stereocenters. The maximum atomic E-state index is 11.5. The summed E-state index contributed by atoms with van der Waals surface area (Å²) >= 11 is 0. The van der Waals surface area contributed by atoms with Gasteiger partial charge in [-0.15, -0.1) is 0 Å². The van der Waals surface area contributed by atoms with Crippen LogP contribution in [0.2, 0.25) is 0 Å². The van der Waals surface area contributed by atoms with Gasteiger partial charge < -0.3 is 14.6 Å². The third kappa shape index (κ3) is 1.86. The second-order valence-corrected chi connectivity index (χ2v) is 6.04. The van der Waals surface area contributed by atoms with Gasteiger partial charge in [0.2, 0.25) is 5.91 Å². The van der Waals surface area contributed by atoms with E-state index in [2.05, 4.69) is 10.3 Å². The molecule has 3 rings (SSSR count). The molecule has 2 aliphatic rings. The molecule has 1 aromatic heterocycles. The van der Waals surface area contributed by atoms with E-state index in [9.17, 15) is 4.79 Å². The Morgan fingerprint density at radius 1 is 1.26 bits per heavy atom. The largest absolute Gasteiger partial charge is 0.495 e. The Hall–Kier alpha value is -1.40. The second kappa shape index (κ2) is 3.80. The van der Waals surface area contributed by atoms with Crippen LogP contribution in [0.1, 0.15) is 33.3 Å². The van der Waals surface area contributed by atoms with Gasteiger partial charge in [0.1, 0.15) is 5.82 Å². The summed E-state index contributed by atoms with van der Waals surface area (Å²) in [4.78, 5) is 15.7. The number of hydrogen-bond donors (Lipinski definition) is 1. The first-order valence-electron chi connectivity index (χ1n) is 6.43. The number of carbonyl (C=O) groups excluding carboxylic acids is 1. The standard InChI is InChI=1S/C13H17BN2O3/c1-12(2)13(3,4)19-14(18-12)9-5-6-15-11-8(9)7-10(17)16-11/h5-6H,7H2,1-4H3,(H,15,16,17). The van der Waals surface area contributed by atoms with Gasteiger partial charge in [-0.05, 0) is 39.2 Å². The lowest BCUT2D eigenvalue weighted by molar-refractivity contribution is -0.115. The van der Waals surface area contributed by atoms with Crippen molar-refractivity contribution in [1.29, 1.82) is 0 Å². The van der Waals surface area contributed by atoms with Gasteiger partial charge in [-0.3, -0.25) is 4.79 Å². The van der Waals surface area contributed by atoms with Crippen molar-refractivity contribution in [3.05, 3.63) is 17.8 Å². The Bertz CT molecular complexity index is 541. The van der Waals surface area contributed by atoms with E-state index in [0.717, 1.165) is 11.0 Å². The molecule has 0 bridgehead atoms. The van der Waals surface area contributed by atoms with Crippen LogP contribution in [0.3, 0.4) is 0 Å². The van der Waals surface area contributed by atoms with Crippen molar-refractivity contribution in [2.24, 2.45) is 0 Å². The Kier molecular flexibility index (Phi) is 2.53. The van der Waals surface area contributed by atoms with Crippen LogP contribution in [0.15, 0.2) is 12.3 Å². The van der Waals surface area contributed by atoms with Crippen LogP contribution >= 0.6 is 0 Å². The van der Waals surface area contributed by atoms with Crippen molar-refractivity contribution >= 4 is 24.3 Å². The molecule has 0 atom stereocenters. The van der Waals surface area contributed by atoms with Gasteiger partial charge in [0.15, 0.2) is 0 Å². The van der Waals surface area contributed by atoms with E-state index in [1.807, 2.05) is 33.8 Å². The summed E-state index contributed by atoms with van der Waals surface area (Å²) in [5.74, 6) is 0.587. The fourth-order valence-electron chi connectivity index (χ4n) is 2.33. The fourth-order valence-corrected chi connectivity index (χ4v) is 2.33. The summed E-state index contributed by atoms with van der Waals surface area (Å²) in [7, 11) is -0.450. The molecule has 100 valence electrons. The fraction of sp³-hybridized carbons (Fsp3) is 0.538. The summed E-state index contributed by atoms with van der Waals surface area (Å²) in [6, 6.07) is 1.86. The number of nitrogens with one attached hydrogen (secondary N) is 1. The molecule has 1 saturated heterocycles. The molecule has 1 N–H and O–H groups in total. The number of fused-ring (bicyclic) bond motifs is 1. The molecule has 0 saturated carbocycles. The van der Waals surface area contributed by atoms with Crippen LogP contribution in [0.4, 0.5) is 5.82 Å². The molecular weight excluding hydrogens is 243 g/mol. The normalized spacial score (nSPS) is 23.4. The molecule has 1 amide bonds. The number of rotatable bonds is 1. The lowest BCUT2D eigenvalue weighted by Crippen LogP contribution is -2.41. The number of pyridine rings is 1. The zero-order valence-electron chi connectivity index (χ0n) is 11.6. The molecule has 3 heterocycles. The van der Waals surface area contributed by atoms with Crippen LogP contribution in [0.25, 0.3) is 0 Å². The summed E-state index contributed by atoms with van der Waals surface area (Å²) in [6.45, 7) is 8.05. The first-order valence-corrected chi connectivity index (χ1v) is 6.43. The predicted molar refractivity (Wildman–Crippen MR) is 72.3 cm³/mol. The number of nitrogens with zero attached hydrogens (tertiary/aromatic N) is 1. The number of hydrogen-bond acceptors (Lipinski definition) is 4. The highest BCUT2D eigenvalue weighted by molar-refractivity contribution is 6.63. The van der Waals surface area contributed by atoms with E-state index in [4.69, 9.17) is 9.31 Å². The highest BCUT2D eigenvalue weighted by atomic mass is 16.7. The van der Waals surface area contributed by atoms with Crippen molar-refractivity contribution in [2.45, 2.75) is 45.3 Å². The first kappa shape index (κ1) is 12.6. The summed E-state index contributed by atoms with van der Waals surface area (Å²) in [5, 5.41) is 2.74. The zero-order valence-corrected chi connectivity index (χ0v) is 11.6.